The van der Waals surface area contributed by atoms with Gasteiger partial charge in [-0.15, -0.1) is 5.10 Å². The maximum Gasteiger partial charge on any atom is 0.358 e. The van der Waals surface area contributed by atoms with Crippen molar-refractivity contribution in [1.29, 1.82) is 0 Å². The van der Waals surface area contributed by atoms with Crippen LogP contribution in [-0.4, -0.2) is 64.2 Å². The van der Waals surface area contributed by atoms with E-state index in [1.165, 1.54) is 15.8 Å². The van der Waals surface area contributed by atoms with E-state index in [-0.39, 0.29) is 18.1 Å². The van der Waals surface area contributed by atoms with Crippen LogP contribution in [0.4, 0.5) is 0 Å². The average Bonchev–Trinajstić information content (AvgIpc) is 2.74. The van der Waals surface area contributed by atoms with Crippen LogP contribution in [0, 0.1) is 0 Å². The van der Waals surface area contributed by atoms with Gasteiger partial charge in [0.2, 0.25) is 5.91 Å². The van der Waals surface area contributed by atoms with E-state index in [0.29, 0.717) is 13.2 Å². The van der Waals surface area contributed by atoms with Crippen molar-refractivity contribution in [1.82, 2.24) is 19.9 Å². The van der Waals surface area contributed by atoms with Crippen molar-refractivity contribution in [3.63, 3.8) is 0 Å². The van der Waals surface area contributed by atoms with Gasteiger partial charge in [-0.25, -0.2) is 9.48 Å². The minimum atomic E-state index is -1.17. The van der Waals surface area contributed by atoms with Crippen LogP contribution in [0.2, 0.25) is 0 Å². The number of carbonyl (C=O) groups excluding carboxylic acids is 1. The highest BCUT2D eigenvalue weighted by Gasteiger charge is 2.13. The third-order valence-electron chi connectivity index (χ3n) is 2.11. The molecule has 17 heavy (non-hydrogen) atoms. The first kappa shape index (κ1) is 13.1. The summed E-state index contributed by atoms with van der Waals surface area (Å²) >= 11 is 0. The number of likely N-dealkylation sites (N-methyl/N-ethyl adjacent to an activating group) is 1. The fraction of sp³-hybridized carbons (Fsp3) is 0.556. The quantitative estimate of drug-likeness (QED) is 0.693. The van der Waals surface area contributed by atoms with Crippen LogP contribution >= 0.6 is 0 Å². The summed E-state index contributed by atoms with van der Waals surface area (Å²) in [6.07, 6.45) is 1.21. The van der Waals surface area contributed by atoms with Gasteiger partial charge in [-0.1, -0.05) is 5.21 Å². The first-order chi connectivity index (χ1) is 8.04. The number of nitrogens with zero attached hydrogens (tertiary/aromatic N) is 4. The van der Waals surface area contributed by atoms with Crippen molar-refractivity contribution in [3.8, 4) is 0 Å². The first-order valence-corrected chi connectivity index (χ1v) is 4.91. The van der Waals surface area contributed by atoms with Crippen LogP contribution < -0.4 is 0 Å². The van der Waals surface area contributed by atoms with Crippen LogP contribution in [0.3, 0.4) is 0 Å². The van der Waals surface area contributed by atoms with Gasteiger partial charge in [0.05, 0.1) is 12.8 Å². The van der Waals surface area contributed by atoms with Crippen molar-refractivity contribution in [3.05, 3.63) is 11.9 Å². The number of hydrogen-bond donors (Lipinski definition) is 1. The van der Waals surface area contributed by atoms with Crippen LogP contribution in [0.15, 0.2) is 6.20 Å². The van der Waals surface area contributed by atoms with Crippen LogP contribution in [0.5, 0.6) is 0 Å². The van der Waals surface area contributed by atoms with Gasteiger partial charge in [0.15, 0.2) is 5.69 Å². The molecule has 8 heteroatoms. The molecule has 0 aromatic carbocycles. The minimum Gasteiger partial charge on any atom is -0.476 e. The summed E-state index contributed by atoms with van der Waals surface area (Å²) in [4.78, 5) is 23.7. The lowest BCUT2D eigenvalue weighted by Crippen LogP contribution is -2.33. The van der Waals surface area contributed by atoms with Gasteiger partial charge in [-0.3, -0.25) is 4.79 Å². The van der Waals surface area contributed by atoms with Gasteiger partial charge in [0.25, 0.3) is 0 Å². The lowest BCUT2D eigenvalue weighted by Gasteiger charge is -2.15. The SMILES string of the molecule is COCCN(C)C(=O)Cn1cc(C(=O)O)nn1. The highest BCUT2D eigenvalue weighted by atomic mass is 16.5. The molecule has 1 aromatic heterocycles. The summed E-state index contributed by atoms with van der Waals surface area (Å²) in [5.41, 5.74) is -0.183. The predicted molar refractivity (Wildman–Crippen MR) is 56.5 cm³/mol. The Labute approximate surface area is 97.8 Å². The van der Waals surface area contributed by atoms with Crippen LogP contribution in [-0.2, 0) is 16.1 Å². The molecule has 0 saturated carbocycles. The van der Waals surface area contributed by atoms with E-state index in [1.807, 2.05) is 0 Å². The molecule has 0 fully saturated rings. The topological polar surface area (TPSA) is 97.5 Å². The zero-order valence-corrected chi connectivity index (χ0v) is 9.66. The summed E-state index contributed by atoms with van der Waals surface area (Å²) in [6.45, 7) is 0.871. The van der Waals surface area contributed by atoms with E-state index in [9.17, 15) is 9.59 Å². The van der Waals surface area contributed by atoms with E-state index in [1.54, 1.807) is 14.2 Å². The maximum atomic E-state index is 11.6. The van der Waals surface area contributed by atoms with Gasteiger partial charge < -0.3 is 14.7 Å². The van der Waals surface area contributed by atoms with Gasteiger partial charge in [0, 0.05) is 20.7 Å². The molecule has 0 atom stereocenters. The number of carbonyl (C=O) groups is 2. The Balaban J connectivity index is 2.52. The van der Waals surface area contributed by atoms with Gasteiger partial charge >= 0.3 is 5.97 Å². The van der Waals surface area contributed by atoms with E-state index >= 15 is 0 Å². The summed E-state index contributed by atoms with van der Waals surface area (Å²) < 4.78 is 6.03. The van der Waals surface area contributed by atoms with Crippen molar-refractivity contribution < 1.29 is 19.4 Å². The lowest BCUT2D eigenvalue weighted by molar-refractivity contribution is -0.131. The second-order valence-corrected chi connectivity index (χ2v) is 3.41. The molecule has 0 saturated heterocycles. The fourth-order valence-corrected chi connectivity index (χ4v) is 1.09. The summed E-state index contributed by atoms with van der Waals surface area (Å²) in [6, 6.07) is 0. The number of carboxylic acids is 1. The Kier molecular flexibility index (Phi) is 4.58. The molecule has 8 nitrogen and oxygen atoms in total. The van der Waals surface area contributed by atoms with Crippen molar-refractivity contribution in [2.24, 2.45) is 0 Å². The molecule has 0 radical (unpaired) electrons. The highest BCUT2D eigenvalue weighted by molar-refractivity contribution is 5.84. The number of aromatic nitrogens is 3. The number of ether oxygens (including phenoxy) is 1. The van der Waals surface area contributed by atoms with Gasteiger partial charge in [-0.2, -0.15) is 0 Å². The zero-order valence-electron chi connectivity index (χ0n) is 9.66. The lowest BCUT2D eigenvalue weighted by atomic mass is 10.4. The molecule has 0 aliphatic rings. The second kappa shape index (κ2) is 5.94. The Morgan fingerprint density at radius 3 is 2.82 bits per heavy atom. The third-order valence-corrected chi connectivity index (χ3v) is 2.11. The largest absolute Gasteiger partial charge is 0.476 e. The van der Waals surface area contributed by atoms with E-state index in [4.69, 9.17) is 9.84 Å². The standard InChI is InChI=1S/C9H14N4O4/c1-12(3-4-17-2)8(14)6-13-5-7(9(15)16)10-11-13/h5H,3-4,6H2,1-2H3,(H,15,16). The Morgan fingerprint density at radius 2 is 2.29 bits per heavy atom. The molecular weight excluding hydrogens is 228 g/mol. The van der Waals surface area contributed by atoms with Crippen molar-refractivity contribution in [2.75, 3.05) is 27.3 Å². The number of carboxylic acid groups (broad SMARTS) is 1. The van der Waals surface area contributed by atoms with E-state index in [0.717, 1.165) is 0 Å². The molecule has 1 aromatic rings. The average molecular weight is 242 g/mol. The normalized spacial score (nSPS) is 10.2. The molecule has 0 aliphatic carbocycles. The number of aromatic carboxylic acids is 1. The Morgan fingerprint density at radius 1 is 1.59 bits per heavy atom. The number of amides is 1. The molecule has 1 heterocycles. The molecule has 94 valence electrons. The molecule has 1 rings (SSSR count). The Bertz CT molecular complexity index is 403. The van der Waals surface area contributed by atoms with Crippen LogP contribution in [0.25, 0.3) is 0 Å². The number of hydrogen-bond acceptors (Lipinski definition) is 5. The van der Waals surface area contributed by atoms with E-state index in [2.05, 4.69) is 10.3 Å². The Hall–Kier alpha value is -1.96. The monoisotopic (exact) mass is 242 g/mol. The molecule has 1 N–H and O–H groups in total. The first-order valence-electron chi connectivity index (χ1n) is 4.91. The fourth-order valence-electron chi connectivity index (χ4n) is 1.09. The molecule has 0 aliphatic heterocycles. The minimum absolute atomic E-state index is 0.0412. The van der Waals surface area contributed by atoms with Crippen molar-refractivity contribution >= 4 is 11.9 Å². The third kappa shape index (κ3) is 3.83. The molecule has 1 amide bonds. The smallest absolute Gasteiger partial charge is 0.358 e. The van der Waals surface area contributed by atoms with Gasteiger partial charge in [-0.05, 0) is 0 Å². The van der Waals surface area contributed by atoms with Crippen molar-refractivity contribution in [2.45, 2.75) is 6.54 Å². The zero-order chi connectivity index (χ0) is 12.8. The maximum absolute atomic E-state index is 11.6. The molecule has 0 bridgehead atoms. The number of rotatable bonds is 6. The summed E-state index contributed by atoms with van der Waals surface area (Å²) in [7, 11) is 3.19. The second-order valence-electron chi connectivity index (χ2n) is 3.41. The highest BCUT2D eigenvalue weighted by Crippen LogP contribution is 1.95. The summed E-state index contributed by atoms with van der Waals surface area (Å²) in [5.74, 6) is -1.36. The van der Waals surface area contributed by atoms with E-state index < -0.39 is 5.97 Å². The summed E-state index contributed by atoms with van der Waals surface area (Å²) in [5, 5.41) is 15.6. The molecule has 0 spiro atoms. The number of methoxy groups -OCH3 is 1. The molecular formula is C9H14N4O4. The van der Waals surface area contributed by atoms with Crippen LogP contribution in [0.1, 0.15) is 10.5 Å². The van der Waals surface area contributed by atoms with Gasteiger partial charge in [0.1, 0.15) is 6.54 Å². The molecule has 0 unspecified atom stereocenters. The predicted octanol–water partition coefficient (Wildman–Crippen LogP) is -0.919.